The summed E-state index contributed by atoms with van der Waals surface area (Å²) >= 11 is 1.34. The molecule has 0 saturated carbocycles. The third-order valence-corrected chi connectivity index (χ3v) is 3.44. The average Bonchev–Trinajstić information content (AvgIpc) is 2.40. The summed E-state index contributed by atoms with van der Waals surface area (Å²) in [7, 11) is 0. The van der Waals surface area contributed by atoms with Gasteiger partial charge in [-0.05, 0) is 0 Å². The molecule has 0 fully saturated rings. The van der Waals surface area contributed by atoms with Crippen molar-refractivity contribution in [2.45, 2.75) is 4.90 Å². The summed E-state index contributed by atoms with van der Waals surface area (Å²) < 4.78 is 0. The molecule has 0 saturated heterocycles. The van der Waals surface area contributed by atoms with E-state index in [1.807, 2.05) is 30.3 Å². The number of anilines is 1. The van der Waals surface area contributed by atoms with Gasteiger partial charge in [0.25, 0.3) is 5.56 Å². The fraction of sp³-hybridized carbons (Fsp3) is 0. The second-order valence-electron chi connectivity index (χ2n) is 3.44. The van der Waals surface area contributed by atoms with Crippen LogP contribution in [-0.2, 0) is 0 Å². The van der Waals surface area contributed by atoms with Crippen LogP contribution in [0.5, 0.6) is 0 Å². The molecule has 17 heavy (non-hydrogen) atoms. The van der Waals surface area contributed by atoms with Crippen LogP contribution in [0, 0.1) is 0 Å². The van der Waals surface area contributed by atoms with Crippen molar-refractivity contribution < 1.29 is 0 Å². The number of hydrogen-bond acceptors (Lipinski definition) is 5. The van der Waals surface area contributed by atoms with Gasteiger partial charge in [-0.3, -0.25) is 10.2 Å². The fourth-order valence-electron chi connectivity index (χ4n) is 1.50. The van der Waals surface area contributed by atoms with Crippen molar-refractivity contribution in [2.24, 2.45) is 5.10 Å². The summed E-state index contributed by atoms with van der Waals surface area (Å²) in [4.78, 5) is 12.2. The minimum Gasteiger partial charge on any atom is -0.274 e. The first-order chi connectivity index (χ1) is 8.34. The molecule has 0 atom stereocenters. The Morgan fingerprint density at radius 2 is 2.00 bits per heavy atom. The summed E-state index contributed by atoms with van der Waals surface area (Å²) in [6.45, 7) is 0. The van der Waals surface area contributed by atoms with Crippen LogP contribution >= 0.6 is 11.8 Å². The van der Waals surface area contributed by atoms with Gasteiger partial charge in [-0.25, -0.2) is 5.10 Å². The molecular weight excluding hydrogens is 236 g/mol. The Bertz CT molecular complexity index is 635. The van der Waals surface area contributed by atoms with Gasteiger partial charge in [-0.1, -0.05) is 42.1 Å². The van der Waals surface area contributed by atoms with Gasteiger partial charge in [0.15, 0.2) is 0 Å². The molecule has 2 aromatic rings. The number of hydrogen-bond donors (Lipinski definition) is 2. The Morgan fingerprint density at radius 3 is 2.82 bits per heavy atom. The number of hydrazone groups is 1. The second kappa shape index (κ2) is 4.06. The number of benzene rings is 1. The topological polar surface area (TPSA) is 70.1 Å². The molecule has 0 unspecified atom stereocenters. The number of H-pyrrole nitrogens is 1. The zero-order valence-electron chi connectivity index (χ0n) is 8.68. The number of aromatic nitrogens is 2. The van der Waals surface area contributed by atoms with E-state index in [9.17, 15) is 4.79 Å². The molecule has 0 bridgehead atoms. The normalized spacial score (nSPS) is 13.5. The van der Waals surface area contributed by atoms with E-state index >= 15 is 0 Å². The highest BCUT2D eigenvalue weighted by Gasteiger charge is 2.17. The smallest absolute Gasteiger partial charge is 0.274 e. The van der Waals surface area contributed by atoms with Crippen LogP contribution in [0.2, 0.25) is 0 Å². The highest BCUT2D eigenvalue weighted by molar-refractivity contribution is 8.14. The summed E-state index contributed by atoms with van der Waals surface area (Å²) in [5.74, 6) is 0. The first-order valence-electron chi connectivity index (χ1n) is 4.99. The maximum Gasteiger partial charge on any atom is 0.280 e. The van der Waals surface area contributed by atoms with Gasteiger partial charge >= 0.3 is 0 Å². The zero-order valence-corrected chi connectivity index (χ0v) is 9.49. The Kier molecular flexibility index (Phi) is 2.41. The molecule has 0 spiro atoms. The number of nitrogens with one attached hydrogen (secondary N) is 2. The van der Waals surface area contributed by atoms with Crippen molar-refractivity contribution >= 4 is 22.5 Å². The standard InChI is InChI=1S/C11H8N4OS/c16-10-9-8(6-12-14-10)13-15-11(17-9)7-4-2-1-3-5-7/h1-6,13H,(H,14,16). The van der Waals surface area contributed by atoms with E-state index in [2.05, 4.69) is 20.7 Å². The van der Waals surface area contributed by atoms with Crippen LogP contribution in [0.3, 0.4) is 0 Å². The third-order valence-electron chi connectivity index (χ3n) is 2.31. The largest absolute Gasteiger partial charge is 0.280 e. The Balaban J connectivity index is 2.02. The number of nitrogens with zero attached hydrogens (tertiary/aromatic N) is 2. The van der Waals surface area contributed by atoms with Crippen molar-refractivity contribution in [3.8, 4) is 0 Å². The van der Waals surface area contributed by atoms with Gasteiger partial charge < -0.3 is 0 Å². The lowest BCUT2D eigenvalue weighted by Gasteiger charge is -2.14. The molecule has 1 aliphatic rings. The highest BCUT2D eigenvalue weighted by Crippen LogP contribution is 2.30. The number of fused-ring (bicyclic) bond motifs is 1. The quantitative estimate of drug-likeness (QED) is 0.800. The van der Waals surface area contributed by atoms with E-state index < -0.39 is 0 Å². The lowest BCUT2D eigenvalue weighted by atomic mass is 10.2. The van der Waals surface area contributed by atoms with Gasteiger partial charge in [-0.2, -0.15) is 10.2 Å². The minimum atomic E-state index is -0.205. The molecule has 0 aliphatic carbocycles. The molecule has 1 aromatic carbocycles. The molecule has 0 amide bonds. The van der Waals surface area contributed by atoms with Crippen molar-refractivity contribution in [1.82, 2.24) is 10.2 Å². The second-order valence-corrected chi connectivity index (χ2v) is 4.44. The van der Waals surface area contributed by atoms with Gasteiger partial charge in [0.2, 0.25) is 0 Å². The predicted octanol–water partition coefficient (Wildman–Crippen LogP) is 1.65. The summed E-state index contributed by atoms with van der Waals surface area (Å²) in [6, 6.07) is 9.72. The van der Waals surface area contributed by atoms with Crippen LogP contribution in [0.1, 0.15) is 5.56 Å². The monoisotopic (exact) mass is 244 g/mol. The van der Waals surface area contributed by atoms with E-state index in [-0.39, 0.29) is 5.56 Å². The van der Waals surface area contributed by atoms with Gasteiger partial charge in [0.1, 0.15) is 9.94 Å². The zero-order chi connectivity index (χ0) is 11.7. The predicted molar refractivity (Wildman–Crippen MR) is 67.3 cm³/mol. The lowest BCUT2D eigenvalue weighted by molar-refractivity contribution is 0.944. The highest BCUT2D eigenvalue weighted by atomic mass is 32.2. The fourth-order valence-corrected chi connectivity index (χ4v) is 2.39. The minimum absolute atomic E-state index is 0.205. The van der Waals surface area contributed by atoms with Crippen LogP contribution in [0.25, 0.3) is 0 Å². The molecule has 0 radical (unpaired) electrons. The molecule has 1 aromatic heterocycles. The molecule has 2 N–H and O–H groups in total. The average molecular weight is 244 g/mol. The molecule has 3 rings (SSSR count). The van der Waals surface area contributed by atoms with Crippen LogP contribution in [0.4, 0.5) is 5.69 Å². The van der Waals surface area contributed by atoms with E-state index in [4.69, 9.17) is 0 Å². The number of aromatic amines is 1. The van der Waals surface area contributed by atoms with Crippen molar-refractivity contribution in [2.75, 3.05) is 5.43 Å². The summed E-state index contributed by atoms with van der Waals surface area (Å²) in [6.07, 6.45) is 1.55. The molecule has 5 nitrogen and oxygen atoms in total. The SMILES string of the molecule is O=c1[nH]ncc2c1SC(c1ccccc1)=NN2. The van der Waals surface area contributed by atoms with E-state index in [1.54, 1.807) is 6.20 Å². The maximum absolute atomic E-state index is 11.6. The van der Waals surface area contributed by atoms with Crippen molar-refractivity contribution in [3.63, 3.8) is 0 Å². The van der Waals surface area contributed by atoms with Gasteiger partial charge in [0, 0.05) is 5.56 Å². The summed E-state index contributed by atoms with van der Waals surface area (Å²) in [5.41, 5.74) is 4.25. The van der Waals surface area contributed by atoms with E-state index in [1.165, 1.54) is 11.8 Å². The number of thioether (sulfide) groups is 1. The van der Waals surface area contributed by atoms with Crippen molar-refractivity contribution in [3.05, 3.63) is 52.4 Å². The summed E-state index contributed by atoms with van der Waals surface area (Å²) in [5, 5.41) is 11.1. The Morgan fingerprint density at radius 1 is 1.18 bits per heavy atom. The molecule has 2 heterocycles. The van der Waals surface area contributed by atoms with Crippen molar-refractivity contribution in [1.29, 1.82) is 0 Å². The molecular formula is C11H8N4OS. The molecule has 84 valence electrons. The van der Waals surface area contributed by atoms with E-state index in [0.29, 0.717) is 10.6 Å². The molecule has 6 heteroatoms. The van der Waals surface area contributed by atoms with Crippen LogP contribution in [0.15, 0.2) is 51.3 Å². The third kappa shape index (κ3) is 1.83. The Hall–Kier alpha value is -2.08. The van der Waals surface area contributed by atoms with Crippen LogP contribution < -0.4 is 11.0 Å². The van der Waals surface area contributed by atoms with Crippen LogP contribution in [-0.4, -0.2) is 15.2 Å². The number of rotatable bonds is 1. The Labute approximate surface area is 101 Å². The van der Waals surface area contributed by atoms with Gasteiger partial charge in [-0.15, -0.1) is 0 Å². The van der Waals surface area contributed by atoms with Gasteiger partial charge in [0.05, 0.1) is 11.9 Å². The first kappa shape index (κ1) is 10.1. The lowest BCUT2D eigenvalue weighted by Crippen LogP contribution is -2.17. The molecule has 1 aliphatic heterocycles. The maximum atomic E-state index is 11.6. The van der Waals surface area contributed by atoms with E-state index in [0.717, 1.165) is 10.6 Å². The first-order valence-corrected chi connectivity index (χ1v) is 5.81.